The van der Waals surface area contributed by atoms with Crippen LogP contribution in [0.3, 0.4) is 0 Å². The summed E-state index contributed by atoms with van der Waals surface area (Å²) in [6, 6.07) is 11.9. The molecule has 1 amide bonds. The third kappa shape index (κ3) is 4.85. The van der Waals surface area contributed by atoms with E-state index in [-0.39, 0.29) is 17.5 Å². The zero-order valence-electron chi connectivity index (χ0n) is 18.5. The van der Waals surface area contributed by atoms with Gasteiger partial charge in [-0.25, -0.2) is 15.4 Å². The van der Waals surface area contributed by atoms with E-state index in [2.05, 4.69) is 42.1 Å². The van der Waals surface area contributed by atoms with Crippen LogP contribution >= 0.6 is 0 Å². The van der Waals surface area contributed by atoms with Crippen molar-refractivity contribution in [3.63, 3.8) is 0 Å². The second-order valence-electron chi connectivity index (χ2n) is 8.51. The standard InChI is InChI=1S/C23H31N7O/c1-4-23(2)12-10-19(28-29-23)26-20-15-17(14-16-8-6-5-7-9-16)25-22(27-20)30-13-11-18(30)21(31)24-3/h5-9,15,18,29H,4,10-14H2,1-3H3,(H,24,31)(H,25,26,27,28). The molecule has 2 aliphatic heterocycles. The first kappa shape index (κ1) is 21.2. The third-order valence-electron chi connectivity index (χ3n) is 6.26. The van der Waals surface area contributed by atoms with Gasteiger partial charge in [0.05, 0.1) is 5.69 Å². The highest BCUT2D eigenvalue weighted by Gasteiger charge is 2.36. The second-order valence-corrected chi connectivity index (χ2v) is 8.51. The van der Waals surface area contributed by atoms with E-state index in [1.54, 1.807) is 7.05 Å². The average Bonchev–Trinajstić information content (AvgIpc) is 2.75. The molecule has 8 heteroatoms. The van der Waals surface area contributed by atoms with Crippen LogP contribution in [0.4, 0.5) is 11.8 Å². The number of likely N-dealkylation sites (N-methyl/N-ethyl adjacent to an activating group) is 1. The fraction of sp³-hybridized carbons (Fsp3) is 0.478. The average molecular weight is 422 g/mol. The molecule has 0 saturated carbocycles. The Kier molecular flexibility index (Phi) is 6.18. The van der Waals surface area contributed by atoms with Crippen LogP contribution in [0.25, 0.3) is 0 Å². The number of anilines is 1. The fourth-order valence-corrected chi connectivity index (χ4v) is 3.85. The summed E-state index contributed by atoms with van der Waals surface area (Å²) in [5.41, 5.74) is 8.76. The number of hydrogen-bond donors (Lipinski definition) is 3. The van der Waals surface area contributed by atoms with Gasteiger partial charge in [0.15, 0.2) is 5.82 Å². The van der Waals surface area contributed by atoms with Crippen molar-refractivity contribution in [2.45, 2.75) is 57.5 Å². The minimum absolute atomic E-state index is 0.00632. The van der Waals surface area contributed by atoms with E-state index < -0.39 is 0 Å². The molecule has 8 nitrogen and oxygen atoms in total. The Morgan fingerprint density at radius 3 is 2.74 bits per heavy atom. The maximum absolute atomic E-state index is 12.2. The Morgan fingerprint density at radius 2 is 2.13 bits per heavy atom. The number of rotatable bonds is 6. The molecule has 2 unspecified atom stereocenters. The first-order chi connectivity index (χ1) is 15.0. The number of aliphatic imine (C=N–C) groups is 1. The molecule has 2 atom stereocenters. The van der Waals surface area contributed by atoms with Crippen LogP contribution in [0.2, 0.25) is 0 Å². The Labute approximate surface area is 183 Å². The van der Waals surface area contributed by atoms with Crippen molar-refractivity contribution in [1.82, 2.24) is 26.1 Å². The zero-order valence-corrected chi connectivity index (χ0v) is 18.5. The summed E-state index contributed by atoms with van der Waals surface area (Å²) >= 11 is 0. The van der Waals surface area contributed by atoms with Gasteiger partial charge in [0, 0.05) is 38.0 Å². The maximum Gasteiger partial charge on any atom is 0.242 e. The number of amides is 1. The number of benzene rings is 1. The predicted octanol–water partition coefficient (Wildman–Crippen LogP) is 2.48. The first-order valence-corrected chi connectivity index (χ1v) is 11.0. The van der Waals surface area contributed by atoms with Crippen molar-refractivity contribution in [2.75, 3.05) is 18.5 Å². The van der Waals surface area contributed by atoms with E-state index in [4.69, 9.17) is 15.0 Å². The van der Waals surface area contributed by atoms with Crippen LogP contribution in [0.1, 0.15) is 50.8 Å². The van der Waals surface area contributed by atoms with Gasteiger partial charge in [-0.3, -0.25) is 4.79 Å². The van der Waals surface area contributed by atoms with Crippen LogP contribution in [0.15, 0.2) is 41.4 Å². The number of carbonyl (C=O) groups excluding carboxylic acids is 1. The number of nitrogens with one attached hydrogen (secondary N) is 3. The molecule has 0 aliphatic carbocycles. The first-order valence-electron chi connectivity index (χ1n) is 11.0. The van der Waals surface area contributed by atoms with Crippen LogP contribution < -0.4 is 21.1 Å². The molecule has 2 saturated heterocycles. The minimum Gasteiger partial charge on any atom is -0.357 e. The van der Waals surface area contributed by atoms with Gasteiger partial charge in [0.2, 0.25) is 11.9 Å². The normalized spacial score (nSPS) is 24.4. The highest BCUT2D eigenvalue weighted by Crippen LogP contribution is 2.27. The van der Waals surface area contributed by atoms with Gasteiger partial charge in [-0.05, 0) is 31.7 Å². The summed E-state index contributed by atoms with van der Waals surface area (Å²) in [4.78, 5) is 28.4. The van der Waals surface area contributed by atoms with Crippen molar-refractivity contribution < 1.29 is 4.79 Å². The Morgan fingerprint density at radius 1 is 1.32 bits per heavy atom. The summed E-state index contributed by atoms with van der Waals surface area (Å²) in [7, 11) is 1.66. The summed E-state index contributed by atoms with van der Waals surface area (Å²) in [5.74, 6) is 2.04. The molecule has 3 heterocycles. The van der Waals surface area contributed by atoms with Crippen LogP contribution in [0.5, 0.6) is 0 Å². The second kappa shape index (κ2) is 9.01. The zero-order chi connectivity index (χ0) is 21.8. The lowest BCUT2D eigenvalue weighted by molar-refractivity contribution is -0.123. The van der Waals surface area contributed by atoms with E-state index in [1.807, 2.05) is 29.2 Å². The molecule has 1 aromatic heterocycles. The molecule has 0 spiro atoms. The lowest BCUT2D eigenvalue weighted by Gasteiger charge is -2.39. The molecular weight excluding hydrogens is 390 g/mol. The van der Waals surface area contributed by atoms with E-state index in [9.17, 15) is 4.79 Å². The van der Waals surface area contributed by atoms with Crippen LogP contribution in [0, 0.1) is 0 Å². The van der Waals surface area contributed by atoms with Crippen LogP contribution in [-0.2, 0) is 11.2 Å². The molecule has 2 aromatic rings. The number of nitrogens with zero attached hydrogens (tertiary/aromatic N) is 4. The summed E-state index contributed by atoms with van der Waals surface area (Å²) < 4.78 is 0. The highest BCUT2D eigenvalue weighted by atomic mass is 16.2. The molecular formula is C23H31N7O. The SMILES string of the molecule is CCC1(C)CCC(=Nc2cc(Cc3ccccc3)nc(N3CCC3C(=O)NC)n2)NN1. The van der Waals surface area contributed by atoms with Gasteiger partial charge in [0.25, 0.3) is 0 Å². The summed E-state index contributed by atoms with van der Waals surface area (Å²) in [6.45, 7) is 5.15. The molecule has 0 bridgehead atoms. The van der Waals surface area contributed by atoms with Crippen molar-refractivity contribution in [3.05, 3.63) is 47.7 Å². The van der Waals surface area contributed by atoms with Crippen molar-refractivity contribution in [1.29, 1.82) is 0 Å². The van der Waals surface area contributed by atoms with E-state index >= 15 is 0 Å². The van der Waals surface area contributed by atoms with Gasteiger partial charge >= 0.3 is 0 Å². The maximum atomic E-state index is 12.2. The van der Waals surface area contributed by atoms with E-state index in [0.717, 1.165) is 43.8 Å². The Hall–Kier alpha value is -3.00. The molecule has 164 valence electrons. The fourth-order valence-electron chi connectivity index (χ4n) is 3.85. The van der Waals surface area contributed by atoms with Gasteiger partial charge in [-0.2, -0.15) is 4.98 Å². The number of hydrogen-bond acceptors (Lipinski definition) is 6. The van der Waals surface area contributed by atoms with Gasteiger partial charge < -0.3 is 15.6 Å². The summed E-state index contributed by atoms with van der Waals surface area (Å²) in [6.07, 6.45) is 4.40. The molecule has 2 aliphatic rings. The topological polar surface area (TPSA) is 94.5 Å². The lowest BCUT2D eigenvalue weighted by atomic mass is 9.92. The predicted molar refractivity (Wildman–Crippen MR) is 122 cm³/mol. The molecule has 1 aromatic carbocycles. The number of aromatic nitrogens is 2. The van der Waals surface area contributed by atoms with Gasteiger partial charge in [-0.15, -0.1) is 0 Å². The monoisotopic (exact) mass is 421 g/mol. The van der Waals surface area contributed by atoms with E-state index in [0.29, 0.717) is 18.2 Å². The minimum atomic E-state index is -0.225. The molecule has 0 radical (unpaired) electrons. The van der Waals surface area contributed by atoms with Crippen molar-refractivity contribution >= 4 is 23.5 Å². The summed E-state index contributed by atoms with van der Waals surface area (Å²) in [5, 5.41) is 2.73. The smallest absolute Gasteiger partial charge is 0.242 e. The molecule has 4 rings (SSSR count). The third-order valence-corrected chi connectivity index (χ3v) is 6.26. The molecule has 3 N–H and O–H groups in total. The largest absolute Gasteiger partial charge is 0.357 e. The molecule has 31 heavy (non-hydrogen) atoms. The van der Waals surface area contributed by atoms with Crippen molar-refractivity contribution in [2.24, 2.45) is 4.99 Å². The lowest BCUT2D eigenvalue weighted by Crippen LogP contribution is -2.56. The van der Waals surface area contributed by atoms with Crippen LogP contribution in [-0.4, -0.2) is 46.9 Å². The number of carbonyl (C=O) groups is 1. The van der Waals surface area contributed by atoms with Gasteiger partial charge in [-0.1, -0.05) is 37.3 Å². The Balaban J connectivity index is 1.62. The quantitative estimate of drug-likeness (QED) is 0.663. The van der Waals surface area contributed by atoms with E-state index in [1.165, 1.54) is 5.56 Å². The number of amidine groups is 1. The van der Waals surface area contributed by atoms with Crippen molar-refractivity contribution in [3.8, 4) is 0 Å². The Bertz CT molecular complexity index is 950. The highest BCUT2D eigenvalue weighted by molar-refractivity contribution is 5.86. The van der Waals surface area contributed by atoms with Gasteiger partial charge in [0.1, 0.15) is 11.9 Å². The number of hydrazine groups is 1. The molecule has 2 fully saturated rings.